The van der Waals surface area contributed by atoms with Crippen LogP contribution in [0.1, 0.15) is 61.6 Å². The van der Waals surface area contributed by atoms with Crippen LogP contribution in [0, 0.1) is 0 Å². The highest BCUT2D eigenvalue weighted by Gasteiger charge is 2.33. The van der Waals surface area contributed by atoms with E-state index in [2.05, 4.69) is 75.5 Å². The molecule has 2 atom stereocenters. The number of nitrogens with zero attached hydrogens (tertiary/aromatic N) is 1. The number of rotatable bonds is 3. The van der Waals surface area contributed by atoms with E-state index in [1.165, 1.54) is 11.1 Å². The van der Waals surface area contributed by atoms with Crippen molar-refractivity contribution in [2.45, 2.75) is 51.6 Å². The second-order valence-electron chi connectivity index (χ2n) is 9.22. The van der Waals surface area contributed by atoms with Crippen LogP contribution in [0.3, 0.4) is 0 Å². The van der Waals surface area contributed by atoms with Crippen LogP contribution in [-0.2, 0) is 5.41 Å². The van der Waals surface area contributed by atoms with E-state index in [4.69, 9.17) is 0 Å². The number of anilines is 2. The highest BCUT2D eigenvalue weighted by Crippen LogP contribution is 2.40. The van der Waals surface area contributed by atoms with Gasteiger partial charge in [0.25, 0.3) is 5.91 Å². The zero-order chi connectivity index (χ0) is 21.3. The van der Waals surface area contributed by atoms with E-state index in [0.717, 1.165) is 17.8 Å². The SMILES string of the molecule is CC1CC(N(C(=O)c2ccccc2)c2ccc(C(C)(C)C)cc2)c2ccccc2N1. The Balaban J connectivity index is 1.82. The molecule has 30 heavy (non-hydrogen) atoms. The van der Waals surface area contributed by atoms with Gasteiger partial charge in [0.2, 0.25) is 0 Å². The number of carbonyl (C=O) groups is 1. The molecule has 0 saturated carbocycles. The number of hydrogen-bond donors (Lipinski definition) is 1. The van der Waals surface area contributed by atoms with Crippen molar-refractivity contribution in [3.63, 3.8) is 0 Å². The lowest BCUT2D eigenvalue weighted by molar-refractivity contribution is 0.0974. The Morgan fingerprint density at radius 3 is 2.20 bits per heavy atom. The van der Waals surface area contributed by atoms with Gasteiger partial charge in [-0.1, -0.05) is 69.3 Å². The summed E-state index contributed by atoms with van der Waals surface area (Å²) >= 11 is 0. The first kappa shape index (κ1) is 20.2. The molecule has 1 heterocycles. The molecule has 0 bridgehead atoms. The molecule has 1 aliphatic heterocycles. The molecule has 2 unspecified atom stereocenters. The molecule has 154 valence electrons. The molecule has 0 spiro atoms. The summed E-state index contributed by atoms with van der Waals surface area (Å²) in [7, 11) is 0. The maximum absolute atomic E-state index is 13.7. The van der Waals surface area contributed by atoms with Gasteiger partial charge in [0, 0.05) is 23.0 Å². The number of benzene rings is 3. The molecule has 0 aliphatic carbocycles. The molecule has 1 N–H and O–H groups in total. The normalized spacial score (nSPS) is 18.3. The average Bonchev–Trinajstić information content (AvgIpc) is 2.74. The summed E-state index contributed by atoms with van der Waals surface area (Å²) in [6.45, 7) is 8.80. The molecule has 0 radical (unpaired) electrons. The molecule has 1 aliphatic rings. The van der Waals surface area contributed by atoms with Crippen LogP contribution in [0.2, 0.25) is 0 Å². The number of fused-ring (bicyclic) bond motifs is 1. The maximum Gasteiger partial charge on any atom is 0.258 e. The first-order valence-electron chi connectivity index (χ1n) is 10.7. The summed E-state index contributed by atoms with van der Waals surface area (Å²) in [4.78, 5) is 15.7. The fourth-order valence-corrected chi connectivity index (χ4v) is 4.23. The van der Waals surface area contributed by atoms with Gasteiger partial charge >= 0.3 is 0 Å². The molecule has 0 fully saturated rings. The molecule has 4 rings (SSSR count). The molecule has 3 aromatic carbocycles. The lowest BCUT2D eigenvalue weighted by Gasteiger charge is -2.39. The summed E-state index contributed by atoms with van der Waals surface area (Å²) in [5.74, 6) is 0.0352. The first-order valence-corrected chi connectivity index (χ1v) is 10.7. The Kier molecular flexibility index (Phi) is 5.38. The van der Waals surface area contributed by atoms with Crippen molar-refractivity contribution in [2.75, 3.05) is 10.2 Å². The first-order chi connectivity index (χ1) is 14.3. The summed E-state index contributed by atoms with van der Waals surface area (Å²) in [6.07, 6.45) is 0.858. The van der Waals surface area contributed by atoms with Crippen LogP contribution in [0.4, 0.5) is 11.4 Å². The Bertz CT molecular complexity index is 1020. The summed E-state index contributed by atoms with van der Waals surface area (Å²) in [6, 6.07) is 26.7. The van der Waals surface area contributed by atoms with Gasteiger partial charge in [-0.15, -0.1) is 0 Å². The van der Waals surface area contributed by atoms with Gasteiger partial charge in [0.1, 0.15) is 0 Å². The maximum atomic E-state index is 13.7. The number of hydrogen-bond acceptors (Lipinski definition) is 2. The van der Waals surface area contributed by atoms with Crippen LogP contribution in [-0.4, -0.2) is 11.9 Å². The lowest BCUT2D eigenvalue weighted by atomic mass is 9.86. The third-order valence-corrected chi connectivity index (χ3v) is 5.86. The minimum atomic E-state index is -0.0226. The van der Waals surface area contributed by atoms with Crippen LogP contribution in [0.25, 0.3) is 0 Å². The number of carbonyl (C=O) groups excluding carboxylic acids is 1. The number of amides is 1. The highest BCUT2D eigenvalue weighted by molar-refractivity contribution is 6.06. The van der Waals surface area contributed by atoms with Gasteiger partial charge in [-0.3, -0.25) is 4.79 Å². The largest absolute Gasteiger partial charge is 0.382 e. The van der Waals surface area contributed by atoms with E-state index in [0.29, 0.717) is 5.56 Å². The summed E-state index contributed by atoms with van der Waals surface area (Å²) in [5.41, 5.74) is 5.25. The summed E-state index contributed by atoms with van der Waals surface area (Å²) < 4.78 is 0. The van der Waals surface area contributed by atoms with Gasteiger partial charge < -0.3 is 10.2 Å². The monoisotopic (exact) mass is 398 g/mol. The van der Waals surface area contributed by atoms with Crippen molar-refractivity contribution in [2.24, 2.45) is 0 Å². The third-order valence-electron chi connectivity index (χ3n) is 5.86. The van der Waals surface area contributed by atoms with E-state index in [1.807, 2.05) is 41.3 Å². The van der Waals surface area contributed by atoms with Gasteiger partial charge in [0.15, 0.2) is 0 Å². The van der Waals surface area contributed by atoms with E-state index in [9.17, 15) is 4.79 Å². The van der Waals surface area contributed by atoms with Gasteiger partial charge in [0.05, 0.1) is 6.04 Å². The average molecular weight is 399 g/mol. The molecular weight excluding hydrogens is 368 g/mol. The summed E-state index contributed by atoms with van der Waals surface area (Å²) in [5, 5.41) is 3.57. The minimum absolute atomic E-state index is 0.0226. The Morgan fingerprint density at radius 2 is 1.53 bits per heavy atom. The van der Waals surface area contributed by atoms with Gasteiger partial charge in [-0.2, -0.15) is 0 Å². The number of para-hydroxylation sites is 1. The smallest absolute Gasteiger partial charge is 0.258 e. The van der Waals surface area contributed by atoms with Crippen LogP contribution in [0.5, 0.6) is 0 Å². The zero-order valence-corrected chi connectivity index (χ0v) is 18.2. The molecule has 3 nitrogen and oxygen atoms in total. The zero-order valence-electron chi connectivity index (χ0n) is 18.2. The van der Waals surface area contributed by atoms with Crippen molar-refractivity contribution in [3.8, 4) is 0 Å². The van der Waals surface area contributed by atoms with Crippen molar-refractivity contribution >= 4 is 17.3 Å². The quantitative estimate of drug-likeness (QED) is 0.541. The fourth-order valence-electron chi connectivity index (χ4n) is 4.23. The predicted octanol–water partition coefficient (Wildman–Crippen LogP) is 6.58. The van der Waals surface area contributed by atoms with Crippen LogP contribution < -0.4 is 10.2 Å². The third kappa shape index (κ3) is 3.97. The molecule has 1 amide bonds. The Hall–Kier alpha value is -3.07. The number of nitrogens with one attached hydrogen (secondary N) is 1. The molecule has 0 saturated heterocycles. The van der Waals surface area contributed by atoms with Gasteiger partial charge in [-0.25, -0.2) is 0 Å². The van der Waals surface area contributed by atoms with Crippen molar-refractivity contribution < 1.29 is 4.79 Å². The fraction of sp³-hybridized carbons (Fsp3) is 0.296. The van der Waals surface area contributed by atoms with Crippen molar-refractivity contribution in [1.82, 2.24) is 0 Å². The predicted molar refractivity (Wildman–Crippen MR) is 125 cm³/mol. The van der Waals surface area contributed by atoms with Gasteiger partial charge in [-0.05, 0) is 60.2 Å². The molecule has 3 aromatic rings. The van der Waals surface area contributed by atoms with Crippen LogP contribution in [0.15, 0.2) is 78.9 Å². The van der Waals surface area contributed by atoms with E-state index in [1.54, 1.807) is 0 Å². The van der Waals surface area contributed by atoms with E-state index >= 15 is 0 Å². The second kappa shape index (κ2) is 7.98. The standard InChI is InChI=1S/C27H30N2O/c1-19-18-25(23-12-8-9-13-24(23)28-19)29(26(30)20-10-6-5-7-11-20)22-16-14-21(15-17-22)27(2,3)4/h5-17,19,25,28H,18H2,1-4H3. The van der Waals surface area contributed by atoms with Crippen molar-refractivity contribution in [1.29, 1.82) is 0 Å². The van der Waals surface area contributed by atoms with Crippen molar-refractivity contribution in [3.05, 3.63) is 95.6 Å². The molecule has 0 aromatic heterocycles. The minimum Gasteiger partial charge on any atom is -0.382 e. The highest BCUT2D eigenvalue weighted by atomic mass is 16.2. The Morgan fingerprint density at radius 1 is 0.900 bits per heavy atom. The molecule has 3 heteroatoms. The van der Waals surface area contributed by atoms with Crippen LogP contribution >= 0.6 is 0 Å². The van der Waals surface area contributed by atoms with E-state index < -0.39 is 0 Å². The van der Waals surface area contributed by atoms with E-state index in [-0.39, 0.29) is 23.4 Å². The topological polar surface area (TPSA) is 32.3 Å². The lowest BCUT2D eigenvalue weighted by Crippen LogP contribution is -2.40. The molecular formula is C27H30N2O. The second-order valence-corrected chi connectivity index (χ2v) is 9.22. The Labute approximate surface area is 179 Å².